The molecule has 1 rings (SSSR count). The summed E-state index contributed by atoms with van der Waals surface area (Å²) in [6.45, 7) is 1.93. The van der Waals surface area contributed by atoms with E-state index in [2.05, 4.69) is 0 Å². The van der Waals surface area contributed by atoms with Crippen LogP contribution in [0.3, 0.4) is 0 Å². The zero-order valence-electron chi connectivity index (χ0n) is 11.9. The fourth-order valence-electron chi connectivity index (χ4n) is 2.15. The minimum absolute atomic E-state index is 0.242. The van der Waals surface area contributed by atoms with E-state index >= 15 is 0 Å². The molecule has 5 N–H and O–H groups in total. The van der Waals surface area contributed by atoms with Gasteiger partial charge in [0.15, 0.2) is 0 Å². The van der Waals surface area contributed by atoms with E-state index in [1.807, 2.05) is 29.2 Å². The molecule has 0 saturated heterocycles. The monoisotopic (exact) mass is 279 g/mol. The summed E-state index contributed by atoms with van der Waals surface area (Å²) in [6.07, 6.45) is 3.87. The van der Waals surface area contributed by atoms with E-state index in [0.717, 1.165) is 43.5 Å². The smallest absolute Gasteiger partial charge is 0.231 e. The maximum atomic E-state index is 11.1. The van der Waals surface area contributed by atoms with Crippen LogP contribution in [0.5, 0.6) is 0 Å². The van der Waals surface area contributed by atoms with Crippen LogP contribution >= 0.6 is 0 Å². The molecule has 0 radical (unpaired) electrons. The molecule has 5 heteroatoms. The van der Waals surface area contributed by atoms with Crippen molar-refractivity contribution in [2.24, 2.45) is 5.73 Å². The Morgan fingerprint density at radius 3 is 2.50 bits per heavy atom. The third kappa shape index (κ3) is 6.54. The lowest BCUT2D eigenvalue weighted by Crippen LogP contribution is -2.34. The van der Waals surface area contributed by atoms with Gasteiger partial charge in [-0.3, -0.25) is 9.69 Å². The van der Waals surface area contributed by atoms with Crippen LogP contribution in [0.1, 0.15) is 31.2 Å². The predicted octanol–water partition coefficient (Wildman–Crippen LogP) is 1.11. The molecule has 0 unspecified atom stereocenters. The SMILES string of the molecule is NC(=O)CN(CCCCCCO)Cc1ccccc1N. The minimum atomic E-state index is -0.324. The standard InChI is InChI=1S/C15H25N3O2/c16-14-8-4-3-7-13(14)11-18(12-15(17)20)9-5-1-2-6-10-19/h3-4,7-8,19H,1-2,5-6,9-12,16H2,(H2,17,20). The van der Waals surface area contributed by atoms with Crippen LogP contribution in [-0.2, 0) is 11.3 Å². The van der Waals surface area contributed by atoms with Gasteiger partial charge in [-0.1, -0.05) is 31.0 Å². The first-order chi connectivity index (χ1) is 9.63. The molecule has 0 heterocycles. The van der Waals surface area contributed by atoms with Crippen molar-refractivity contribution in [1.29, 1.82) is 0 Å². The van der Waals surface area contributed by atoms with Gasteiger partial charge in [-0.05, 0) is 31.0 Å². The van der Waals surface area contributed by atoms with E-state index in [0.29, 0.717) is 6.54 Å². The van der Waals surface area contributed by atoms with Crippen molar-refractivity contribution in [2.45, 2.75) is 32.2 Å². The first-order valence-electron chi connectivity index (χ1n) is 7.08. The van der Waals surface area contributed by atoms with Gasteiger partial charge < -0.3 is 16.6 Å². The number of amides is 1. The highest BCUT2D eigenvalue weighted by Gasteiger charge is 2.10. The van der Waals surface area contributed by atoms with Gasteiger partial charge in [0.05, 0.1) is 6.54 Å². The number of carbonyl (C=O) groups excluding carboxylic acids is 1. The molecule has 20 heavy (non-hydrogen) atoms. The Bertz CT molecular complexity index is 410. The maximum Gasteiger partial charge on any atom is 0.231 e. The quantitative estimate of drug-likeness (QED) is 0.442. The number of primary amides is 1. The third-order valence-electron chi connectivity index (χ3n) is 3.21. The summed E-state index contributed by atoms with van der Waals surface area (Å²) in [4.78, 5) is 13.2. The number of hydrogen-bond donors (Lipinski definition) is 3. The molecule has 0 fully saturated rings. The largest absolute Gasteiger partial charge is 0.398 e. The summed E-state index contributed by atoms with van der Waals surface area (Å²) in [7, 11) is 0. The fraction of sp³-hybridized carbons (Fsp3) is 0.533. The Kier molecular flexibility index (Phi) is 7.69. The van der Waals surface area contributed by atoms with Crippen LogP contribution in [0.15, 0.2) is 24.3 Å². The van der Waals surface area contributed by atoms with Gasteiger partial charge in [0.1, 0.15) is 0 Å². The number of aliphatic hydroxyl groups excluding tert-OH is 1. The molecule has 0 spiro atoms. The van der Waals surface area contributed by atoms with Crippen LogP contribution in [0, 0.1) is 0 Å². The van der Waals surface area contributed by atoms with E-state index in [9.17, 15) is 4.79 Å². The first kappa shape index (κ1) is 16.5. The van der Waals surface area contributed by atoms with Gasteiger partial charge in [-0.15, -0.1) is 0 Å². The van der Waals surface area contributed by atoms with E-state index in [4.69, 9.17) is 16.6 Å². The molecule has 0 atom stereocenters. The first-order valence-corrected chi connectivity index (χ1v) is 7.08. The Morgan fingerprint density at radius 2 is 1.85 bits per heavy atom. The number of benzene rings is 1. The second kappa shape index (κ2) is 9.34. The number of nitrogens with zero attached hydrogens (tertiary/aromatic N) is 1. The zero-order chi connectivity index (χ0) is 14.8. The molecule has 5 nitrogen and oxygen atoms in total. The molecule has 1 amide bonds. The van der Waals surface area contributed by atoms with Crippen molar-refractivity contribution in [3.63, 3.8) is 0 Å². The number of carbonyl (C=O) groups is 1. The number of unbranched alkanes of at least 4 members (excludes halogenated alkanes) is 3. The minimum Gasteiger partial charge on any atom is -0.398 e. The zero-order valence-corrected chi connectivity index (χ0v) is 11.9. The molecule has 0 aliphatic heterocycles. The Labute approximate surface area is 120 Å². The summed E-state index contributed by atoms with van der Waals surface area (Å²) < 4.78 is 0. The number of para-hydroxylation sites is 1. The second-order valence-electron chi connectivity index (χ2n) is 5.01. The number of anilines is 1. The van der Waals surface area contributed by atoms with Crippen molar-refractivity contribution in [3.8, 4) is 0 Å². The average Bonchev–Trinajstić information content (AvgIpc) is 2.40. The van der Waals surface area contributed by atoms with Crippen molar-refractivity contribution in [1.82, 2.24) is 4.90 Å². The van der Waals surface area contributed by atoms with Gasteiger partial charge in [0, 0.05) is 18.8 Å². The molecule has 0 saturated carbocycles. The van der Waals surface area contributed by atoms with Crippen LogP contribution in [0.2, 0.25) is 0 Å². The summed E-state index contributed by atoms with van der Waals surface area (Å²) in [6, 6.07) is 7.66. The lowest BCUT2D eigenvalue weighted by atomic mass is 10.1. The van der Waals surface area contributed by atoms with Crippen molar-refractivity contribution in [2.75, 3.05) is 25.4 Å². The van der Waals surface area contributed by atoms with Crippen LogP contribution < -0.4 is 11.5 Å². The fourth-order valence-corrected chi connectivity index (χ4v) is 2.15. The molecule has 1 aromatic rings. The van der Waals surface area contributed by atoms with Gasteiger partial charge >= 0.3 is 0 Å². The van der Waals surface area contributed by atoms with Crippen molar-refractivity contribution in [3.05, 3.63) is 29.8 Å². The van der Waals surface area contributed by atoms with Crippen LogP contribution in [0.4, 0.5) is 5.69 Å². The number of nitrogens with two attached hydrogens (primary N) is 2. The molecule has 0 bridgehead atoms. The molecule has 112 valence electrons. The number of nitrogen functional groups attached to an aromatic ring is 1. The van der Waals surface area contributed by atoms with E-state index in [1.165, 1.54) is 0 Å². The number of rotatable bonds is 10. The molecule has 1 aromatic carbocycles. The van der Waals surface area contributed by atoms with E-state index < -0.39 is 0 Å². The number of aliphatic hydroxyl groups is 1. The lowest BCUT2D eigenvalue weighted by molar-refractivity contribution is -0.119. The summed E-state index contributed by atoms with van der Waals surface area (Å²) in [5, 5.41) is 8.73. The van der Waals surface area contributed by atoms with Gasteiger partial charge in [0.25, 0.3) is 0 Å². The Balaban J connectivity index is 2.47. The normalized spacial score (nSPS) is 10.9. The highest BCUT2D eigenvalue weighted by atomic mass is 16.2. The molecule has 0 aliphatic rings. The summed E-state index contributed by atoms with van der Waals surface area (Å²) in [5.74, 6) is -0.324. The van der Waals surface area contributed by atoms with Crippen molar-refractivity contribution < 1.29 is 9.90 Å². The highest BCUT2D eigenvalue weighted by molar-refractivity contribution is 5.75. The van der Waals surface area contributed by atoms with Gasteiger partial charge in [-0.25, -0.2) is 0 Å². The maximum absolute atomic E-state index is 11.1. The molecular weight excluding hydrogens is 254 g/mol. The van der Waals surface area contributed by atoms with Crippen molar-refractivity contribution >= 4 is 11.6 Å². The summed E-state index contributed by atoms with van der Waals surface area (Å²) in [5.41, 5.74) is 13.0. The molecule has 0 aromatic heterocycles. The highest BCUT2D eigenvalue weighted by Crippen LogP contribution is 2.14. The Morgan fingerprint density at radius 1 is 1.15 bits per heavy atom. The topological polar surface area (TPSA) is 92.6 Å². The number of hydrogen-bond acceptors (Lipinski definition) is 4. The predicted molar refractivity (Wildman–Crippen MR) is 80.9 cm³/mol. The summed E-state index contributed by atoms with van der Waals surface area (Å²) >= 11 is 0. The molecular formula is C15H25N3O2. The average molecular weight is 279 g/mol. The van der Waals surface area contributed by atoms with E-state index in [1.54, 1.807) is 0 Å². The van der Waals surface area contributed by atoms with Crippen LogP contribution in [0.25, 0.3) is 0 Å². The Hall–Kier alpha value is -1.59. The van der Waals surface area contributed by atoms with Gasteiger partial charge in [-0.2, -0.15) is 0 Å². The van der Waals surface area contributed by atoms with E-state index in [-0.39, 0.29) is 19.1 Å². The third-order valence-corrected chi connectivity index (χ3v) is 3.21. The lowest BCUT2D eigenvalue weighted by Gasteiger charge is -2.21. The van der Waals surface area contributed by atoms with Gasteiger partial charge in [0.2, 0.25) is 5.91 Å². The second-order valence-corrected chi connectivity index (χ2v) is 5.01. The van der Waals surface area contributed by atoms with Crippen LogP contribution in [-0.4, -0.2) is 35.6 Å². The molecule has 0 aliphatic carbocycles.